The number of rotatable bonds is 7. The van der Waals surface area contributed by atoms with E-state index in [1.807, 2.05) is 12.3 Å². The van der Waals surface area contributed by atoms with Gasteiger partial charge in [0.2, 0.25) is 0 Å². The molecular formula is C23H18ClN3O3S. The highest BCUT2D eigenvalue weighted by Crippen LogP contribution is 2.24. The lowest BCUT2D eigenvalue weighted by Gasteiger charge is -2.11. The SMILES string of the molecule is O=C(c1ccncc1)c1cc(Cl)ccc1CS(=O)(=O)c1ccc(Cn2cccn2)cc1. The topological polar surface area (TPSA) is 81.9 Å². The Morgan fingerprint density at radius 2 is 1.71 bits per heavy atom. The van der Waals surface area contributed by atoms with Gasteiger partial charge in [-0.05, 0) is 53.6 Å². The van der Waals surface area contributed by atoms with Crippen LogP contribution in [0.5, 0.6) is 0 Å². The molecule has 0 unspecified atom stereocenters. The van der Waals surface area contributed by atoms with Crippen LogP contribution >= 0.6 is 11.6 Å². The summed E-state index contributed by atoms with van der Waals surface area (Å²) in [6.07, 6.45) is 6.56. The highest BCUT2D eigenvalue weighted by Gasteiger charge is 2.21. The number of hydrogen-bond acceptors (Lipinski definition) is 5. The normalized spacial score (nSPS) is 11.4. The smallest absolute Gasteiger partial charge is 0.193 e. The van der Waals surface area contributed by atoms with Gasteiger partial charge in [0.15, 0.2) is 15.6 Å². The first-order valence-corrected chi connectivity index (χ1v) is 11.5. The average molecular weight is 452 g/mol. The van der Waals surface area contributed by atoms with E-state index in [-0.39, 0.29) is 22.0 Å². The lowest BCUT2D eigenvalue weighted by atomic mass is 10.00. The zero-order valence-corrected chi connectivity index (χ0v) is 17.9. The van der Waals surface area contributed by atoms with Crippen LogP contribution in [0.3, 0.4) is 0 Å². The van der Waals surface area contributed by atoms with Crippen molar-refractivity contribution >= 4 is 27.2 Å². The Kier molecular flexibility index (Phi) is 5.97. The molecule has 8 heteroatoms. The third kappa shape index (κ3) is 4.90. The number of benzene rings is 2. The first-order chi connectivity index (χ1) is 14.9. The molecule has 2 aromatic heterocycles. The van der Waals surface area contributed by atoms with Gasteiger partial charge in [-0.1, -0.05) is 29.8 Å². The Morgan fingerprint density at radius 1 is 0.968 bits per heavy atom. The molecule has 0 bridgehead atoms. The van der Waals surface area contributed by atoms with Crippen LogP contribution < -0.4 is 0 Å². The maximum absolute atomic E-state index is 13.1. The fourth-order valence-corrected chi connectivity index (χ4v) is 4.77. The molecule has 0 saturated carbocycles. The Morgan fingerprint density at radius 3 is 2.39 bits per heavy atom. The Hall–Kier alpha value is -3.29. The fourth-order valence-electron chi connectivity index (χ4n) is 3.22. The van der Waals surface area contributed by atoms with Crippen LogP contribution in [-0.4, -0.2) is 29.0 Å². The number of carbonyl (C=O) groups is 1. The number of pyridine rings is 1. The molecular weight excluding hydrogens is 434 g/mol. The predicted octanol–water partition coefficient (Wildman–Crippen LogP) is 4.18. The van der Waals surface area contributed by atoms with Crippen LogP contribution in [0, 0.1) is 0 Å². The number of ketones is 1. The Labute approximate surface area is 185 Å². The molecule has 0 aliphatic rings. The standard InChI is InChI=1S/C23H18ClN3O3S/c24-20-5-4-19(22(14-20)23(28)18-8-11-25-12-9-18)16-31(29,30)21-6-2-17(3-7-21)15-27-13-1-10-26-27/h1-14H,15-16H2. The summed E-state index contributed by atoms with van der Waals surface area (Å²) in [6, 6.07) is 16.4. The molecule has 0 aliphatic carbocycles. The van der Waals surface area contributed by atoms with Gasteiger partial charge in [-0.25, -0.2) is 8.42 Å². The fraction of sp³-hybridized carbons (Fsp3) is 0.0870. The maximum Gasteiger partial charge on any atom is 0.193 e. The molecule has 0 atom stereocenters. The van der Waals surface area contributed by atoms with Crippen molar-refractivity contribution in [2.45, 2.75) is 17.2 Å². The highest BCUT2D eigenvalue weighted by molar-refractivity contribution is 7.90. The van der Waals surface area contributed by atoms with Gasteiger partial charge in [-0.2, -0.15) is 5.10 Å². The largest absolute Gasteiger partial charge is 0.289 e. The minimum absolute atomic E-state index is 0.189. The van der Waals surface area contributed by atoms with Crippen molar-refractivity contribution in [2.24, 2.45) is 0 Å². The van der Waals surface area contributed by atoms with Crippen molar-refractivity contribution in [3.05, 3.63) is 113 Å². The minimum Gasteiger partial charge on any atom is -0.289 e. The Balaban J connectivity index is 1.60. The lowest BCUT2D eigenvalue weighted by molar-refractivity contribution is 0.103. The van der Waals surface area contributed by atoms with Gasteiger partial charge in [0, 0.05) is 40.9 Å². The number of halogens is 1. The summed E-state index contributed by atoms with van der Waals surface area (Å²) in [5.74, 6) is -0.612. The van der Waals surface area contributed by atoms with Gasteiger partial charge in [-0.15, -0.1) is 0 Å². The summed E-state index contributed by atoms with van der Waals surface area (Å²) in [7, 11) is -3.67. The first kappa shape index (κ1) is 21.0. The number of carbonyl (C=O) groups excluding carboxylic acids is 1. The predicted molar refractivity (Wildman–Crippen MR) is 118 cm³/mol. The van der Waals surface area contributed by atoms with Crippen molar-refractivity contribution in [3.63, 3.8) is 0 Å². The van der Waals surface area contributed by atoms with E-state index < -0.39 is 9.84 Å². The monoisotopic (exact) mass is 451 g/mol. The third-order valence-corrected chi connectivity index (χ3v) is 6.71. The summed E-state index contributed by atoms with van der Waals surface area (Å²) in [5.41, 5.74) is 2.01. The molecule has 2 aromatic carbocycles. The van der Waals surface area contributed by atoms with Crippen molar-refractivity contribution < 1.29 is 13.2 Å². The van der Waals surface area contributed by atoms with E-state index in [0.717, 1.165) is 5.56 Å². The maximum atomic E-state index is 13.1. The van der Waals surface area contributed by atoms with Crippen LogP contribution in [0.4, 0.5) is 0 Å². The summed E-state index contributed by atoms with van der Waals surface area (Å²) in [5, 5.41) is 4.51. The van der Waals surface area contributed by atoms with Gasteiger partial charge in [0.1, 0.15) is 0 Å². The molecule has 31 heavy (non-hydrogen) atoms. The third-order valence-electron chi connectivity index (χ3n) is 4.79. The molecule has 2 heterocycles. The zero-order chi connectivity index (χ0) is 21.8. The summed E-state index contributed by atoms with van der Waals surface area (Å²) in [4.78, 5) is 17.0. The molecule has 4 rings (SSSR count). The van der Waals surface area contributed by atoms with Crippen molar-refractivity contribution in [1.82, 2.24) is 14.8 Å². The molecule has 0 amide bonds. The first-order valence-electron chi connectivity index (χ1n) is 9.45. The number of nitrogens with zero attached hydrogens (tertiary/aromatic N) is 3. The zero-order valence-electron chi connectivity index (χ0n) is 16.3. The van der Waals surface area contributed by atoms with E-state index in [2.05, 4.69) is 10.1 Å². The number of aromatic nitrogens is 3. The average Bonchev–Trinajstić information content (AvgIpc) is 3.28. The molecule has 0 N–H and O–H groups in total. The molecule has 6 nitrogen and oxygen atoms in total. The second-order valence-electron chi connectivity index (χ2n) is 6.97. The van der Waals surface area contributed by atoms with E-state index in [4.69, 9.17) is 11.6 Å². The van der Waals surface area contributed by atoms with Gasteiger partial charge in [0.25, 0.3) is 0 Å². The Bertz CT molecular complexity index is 1300. The summed E-state index contributed by atoms with van der Waals surface area (Å²) >= 11 is 6.09. The minimum atomic E-state index is -3.67. The molecule has 4 aromatic rings. The van der Waals surface area contributed by atoms with Crippen LogP contribution in [0.15, 0.2) is 90.3 Å². The van der Waals surface area contributed by atoms with Crippen LogP contribution in [-0.2, 0) is 22.1 Å². The highest BCUT2D eigenvalue weighted by atomic mass is 35.5. The second kappa shape index (κ2) is 8.83. The quantitative estimate of drug-likeness (QED) is 0.393. The molecule has 0 aliphatic heterocycles. The summed E-state index contributed by atoms with van der Waals surface area (Å²) in [6.45, 7) is 0.551. The molecule has 0 fully saturated rings. The van der Waals surface area contributed by atoms with Crippen LogP contribution in [0.1, 0.15) is 27.0 Å². The van der Waals surface area contributed by atoms with Crippen molar-refractivity contribution in [1.29, 1.82) is 0 Å². The van der Waals surface area contributed by atoms with Gasteiger partial charge in [-0.3, -0.25) is 14.5 Å². The van der Waals surface area contributed by atoms with Gasteiger partial charge >= 0.3 is 0 Å². The van der Waals surface area contributed by atoms with E-state index in [1.54, 1.807) is 59.4 Å². The van der Waals surface area contributed by atoms with E-state index in [1.165, 1.54) is 18.5 Å². The van der Waals surface area contributed by atoms with Gasteiger partial charge in [0.05, 0.1) is 17.2 Å². The molecule has 0 radical (unpaired) electrons. The molecule has 156 valence electrons. The van der Waals surface area contributed by atoms with Crippen molar-refractivity contribution in [3.8, 4) is 0 Å². The van der Waals surface area contributed by atoms with E-state index in [0.29, 0.717) is 22.7 Å². The molecule has 0 spiro atoms. The second-order valence-corrected chi connectivity index (χ2v) is 9.40. The van der Waals surface area contributed by atoms with Crippen molar-refractivity contribution in [2.75, 3.05) is 0 Å². The van der Waals surface area contributed by atoms with Crippen LogP contribution in [0.25, 0.3) is 0 Å². The van der Waals surface area contributed by atoms with Gasteiger partial charge < -0.3 is 0 Å². The number of sulfone groups is 1. The van der Waals surface area contributed by atoms with E-state index in [9.17, 15) is 13.2 Å². The molecule has 0 saturated heterocycles. The lowest BCUT2D eigenvalue weighted by Crippen LogP contribution is -2.11. The number of hydrogen-bond donors (Lipinski definition) is 0. The van der Waals surface area contributed by atoms with Crippen LogP contribution in [0.2, 0.25) is 5.02 Å². The summed E-state index contributed by atoms with van der Waals surface area (Å²) < 4.78 is 27.9. The van der Waals surface area contributed by atoms with E-state index >= 15 is 0 Å².